The van der Waals surface area contributed by atoms with Gasteiger partial charge in [-0.2, -0.15) is 0 Å². The Bertz CT molecular complexity index is 628. The van der Waals surface area contributed by atoms with Crippen LogP contribution >= 0.6 is 11.3 Å². The molecule has 0 aliphatic rings. The molecule has 21 heavy (non-hydrogen) atoms. The van der Waals surface area contributed by atoms with Crippen molar-refractivity contribution in [3.63, 3.8) is 0 Å². The van der Waals surface area contributed by atoms with Crippen molar-refractivity contribution < 1.29 is 9.66 Å². The molecule has 1 heterocycles. The van der Waals surface area contributed by atoms with Crippen LogP contribution in [0.25, 0.3) is 0 Å². The summed E-state index contributed by atoms with van der Waals surface area (Å²) < 4.78 is 5.61. The molecule has 7 heteroatoms. The zero-order chi connectivity index (χ0) is 15.2. The van der Waals surface area contributed by atoms with Crippen LogP contribution in [0.4, 0.5) is 11.4 Å². The molecule has 0 atom stereocenters. The van der Waals surface area contributed by atoms with Crippen molar-refractivity contribution in [3.05, 3.63) is 44.4 Å². The molecule has 6 nitrogen and oxygen atoms in total. The third-order valence-electron chi connectivity index (χ3n) is 2.98. The molecule has 0 bridgehead atoms. The molecular formula is C14H17N3O3S. The second-order valence-electron chi connectivity index (χ2n) is 4.40. The van der Waals surface area contributed by atoms with Gasteiger partial charge < -0.3 is 10.1 Å². The van der Waals surface area contributed by atoms with Gasteiger partial charge in [0, 0.05) is 17.8 Å². The van der Waals surface area contributed by atoms with Gasteiger partial charge in [-0.25, -0.2) is 4.98 Å². The van der Waals surface area contributed by atoms with Gasteiger partial charge in [-0.1, -0.05) is 6.07 Å². The van der Waals surface area contributed by atoms with E-state index in [9.17, 15) is 10.1 Å². The predicted octanol–water partition coefficient (Wildman–Crippen LogP) is 3.41. The number of aromatic nitrogens is 1. The van der Waals surface area contributed by atoms with E-state index < -0.39 is 4.92 Å². The van der Waals surface area contributed by atoms with Crippen molar-refractivity contribution >= 4 is 22.7 Å². The number of nitrogens with zero attached hydrogens (tertiary/aromatic N) is 2. The molecule has 112 valence electrons. The van der Waals surface area contributed by atoms with Crippen LogP contribution in [0.2, 0.25) is 0 Å². The Labute approximate surface area is 126 Å². The number of nitro groups is 1. The molecule has 1 aromatic carbocycles. The van der Waals surface area contributed by atoms with E-state index in [1.807, 2.05) is 13.8 Å². The van der Waals surface area contributed by atoms with Gasteiger partial charge in [0.1, 0.15) is 5.69 Å². The number of anilines is 1. The molecule has 0 saturated heterocycles. The van der Waals surface area contributed by atoms with Gasteiger partial charge in [-0.15, -0.1) is 11.3 Å². The van der Waals surface area contributed by atoms with E-state index in [2.05, 4.69) is 10.3 Å². The van der Waals surface area contributed by atoms with Crippen molar-refractivity contribution in [2.45, 2.75) is 20.3 Å². The maximum Gasteiger partial charge on any atom is 0.333 e. The molecule has 0 saturated carbocycles. The van der Waals surface area contributed by atoms with Crippen LogP contribution in [-0.4, -0.2) is 23.1 Å². The Morgan fingerprint density at radius 3 is 2.90 bits per heavy atom. The lowest BCUT2D eigenvalue weighted by molar-refractivity contribution is -0.384. The van der Waals surface area contributed by atoms with E-state index in [4.69, 9.17) is 4.74 Å². The Kier molecular flexibility index (Phi) is 5.10. The number of nitrogens with one attached hydrogen (secondary N) is 1. The van der Waals surface area contributed by atoms with E-state index in [1.54, 1.807) is 35.0 Å². The summed E-state index contributed by atoms with van der Waals surface area (Å²) in [6, 6.07) is 5.05. The maximum absolute atomic E-state index is 11.2. The van der Waals surface area contributed by atoms with E-state index in [-0.39, 0.29) is 5.69 Å². The number of hydrogen-bond acceptors (Lipinski definition) is 6. The van der Waals surface area contributed by atoms with Gasteiger partial charge in [0.05, 0.1) is 22.7 Å². The monoisotopic (exact) mass is 307 g/mol. The molecule has 0 unspecified atom stereocenters. The molecule has 2 aromatic rings. The van der Waals surface area contributed by atoms with Crippen LogP contribution in [0.3, 0.4) is 0 Å². The molecule has 2 rings (SSSR count). The van der Waals surface area contributed by atoms with Gasteiger partial charge in [-0.3, -0.25) is 10.1 Å². The van der Waals surface area contributed by atoms with E-state index in [0.717, 1.165) is 10.6 Å². The molecule has 0 aliphatic heterocycles. The molecule has 0 radical (unpaired) electrons. The number of nitro benzene ring substituents is 1. The summed E-state index contributed by atoms with van der Waals surface area (Å²) in [7, 11) is 0. The van der Waals surface area contributed by atoms with Crippen molar-refractivity contribution in [1.29, 1.82) is 0 Å². The minimum Gasteiger partial charge on any atom is -0.486 e. The maximum atomic E-state index is 11.2. The number of benzene rings is 1. The zero-order valence-corrected chi connectivity index (χ0v) is 12.8. The lowest BCUT2D eigenvalue weighted by atomic mass is 10.2. The van der Waals surface area contributed by atoms with E-state index in [0.29, 0.717) is 31.0 Å². The second-order valence-corrected chi connectivity index (χ2v) is 5.34. The van der Waals surface area contributed by atoms with Crippen LogP contribution in [0.1, 0.15) is 17.5 Å². The minimum atomic E-state index is -0.411. The molecule has 0 aliphatic carbocycles. The van der Waals surface area contributed by atoms with Crippen LogP contribution in [-0.2, 0) is 6.42 Å². The molecule has 1 N–H and O–H groups in total. The molecular weight excluding hydrogens is 290 g/mol. The first kappa shape index (κ1) is 15.2. The molecule has 0 fully saturated rings. The quantitative estimate of drug-likeness (QED) is 0.626. The highest BCUT2D eigenvalue weighted by molar-refractivity contribution is 7.09. The fraction of sp³-hybridized carbons (Fsp3) is 0.357. The highest BCUT2D eigenvalue weighted by Gasteiger charge is 2.20. The third-order valence-corrected chi connectivity index (χ3v) is 3.98. The summed E-state index contributed by atoms with van der Waals surface area (Å²) in [5.74, 6) is 0.292. The summed E-state index contributed by atoms with van der Waals surface area (Å²) in [5, 5.41) is 14.2. The van der Waals surface area contributed by atoms with Gasteiger partial charge in [0.15, 0.2) is 5.75 Å². The summed E-state index contributed by atoms with van der Waals surface area (Å²) in [6.07, 6.45) is 0.694. The number of thiazole rings is 1. The Balaban J connectivity index is 2.10. The second kappa shape index (κ2) is 7.03. The van der Waals surface area contributed by atoms with Crippen LogP contribution in [0.15, 0.2) is 23.7 Å². The Morgan fingerprint density at radius 2 is 2.29 bits per heavy atom. The summed E-state index contributed by atoms with van der Waals surface area (Å²) in [4.78, 5) is 16.1. The lowest BCUT2D eigenvalue weighted by Crippen LogP contribution is -2.06. The molecule has 1 aromatic heterocycles. The van der Waals surface area contributed by atoms with Crippen LogP contribution in [0.5, 0.6) is 5.75 Å². The smallest absolute Gasteiger partial charge is 0.333 e. The first-order chi connectivity index (χ1) is 10.1. The highest BCUT2D eigenvalue weighted by atomic mass is 32.1. The summed E-state index contributed by atoms with van der Waals surface area (Å²) >= 11 is 1.57. The van der Waals surface area contributed by atoms with Gasteiger partial charge in [0.25, 0.3) is 0 Å². The zero-order valence-electron chi connectivity index (χ0n) is 12.0. The van der Waals surface area contributed by atoms with Gasteiger partial charge >= 0.3 is 5.69 Å². The largest absolute Gasteiger partial charge is 0.486 e. The number of para-hydroxylation sites is 1. The Hall–Kier alpha value is -2.15. The average Bonchev–Trinajstić information content (AvgIpc) is 2.85. The Morgan fingerprint density at radius 1 is 1.48 bits per heavy atom. The first-order valence-electron chi connectivity index (χ1n) is 6.66. The minimum absolute atomic E-state index is 0.0135. The number of aryl methyl sites for hydroxylation is 1. The molecule has 0 spiro atoms. The van der Waals surface area contributed by atoms with E-state index in [1.165, 1.54) is 0 Å². The van der Waals surface area contributed by atoms with Crippen LogP contribution in [0, 0.1) is 17.0 Å². The van der Waals surface area contributed by atoms with Crippen molar-refractivity contribution in [3.8, 4) is 5.75 Å². The fourth-order valence-electron chi connectivity index (χ4n) is 1.98. The first-order valence-corrected chi connectivity index (χ1v) is 7.54. The van der Waals surface area contributed by atoms with Gasteiger partial charge in [0.2, 0.25) is 0 Å². The predicted molar refractivity (Wildman–Crippen MR) is 83.3 cm³/mol. The van der Waals surface area contributed by atoms with Crippen molar-refractivity contribution in [2.75, 3.05) is 18.5 Å². The number of ether oxygens (including phenoxy) is 1. The third kappa shape index (κ3) is 3.69. The topological polar surface area (TPSA) is 77.3 Å². The average molecular weight is 307 g/mol. The SMILES string of the molecule is CCNc1cccc(OCCc2scnc2C)c1[N+](=O)[O-]. The van der Waals surface area contributed by atoms with Crippen LogP contribution < -0.4 is 10.1 Å². The number of hydrogen-bond donors (Lipinski definition) is 1. The van der Waals surface area contributed by atoms with Crippen molar-refractivity contribution in [1.82, 2.24) is 4.98 Å². The lowest BCUT2D eigenvalue weighted by Gasteiger charge is -2.10. The fourth-order valence-corrected chi connectivity index (χ4v) is 2.74. The van der Waals surface area contributed by atoms with E-state index >= 15 is 0 Å². The molecule has 0 amide bonds. The number of rotatable bonds is 7. The van der Waals surface area contributed by atoms with Gasteiger partial charge in [-0.05, 0) is 26.0 Å². The summed E-state index contributed by atoms with van der Waals surface area (Å²) in [6.45, 7) is 4.84. The normalized spacial score (nSPS) is 10.4. The summed E-state index contributed by atoms with van der Waals surface area (Å²) in [5.41, 5.74) is 3.24. The standard InChI is InChI=1S/C14H17N3O3S/c1-3-15-11-5-4-6-12(14(11)17(18)19)20-8-7-13-10(2)16-9-21-13/h4-6,9,15H,3,7-8H2,1-2H3. The highest BCUT2D eigenvalue weighted by Crippen LogP contribution is 2.34. The van der Waals surface area contributed by atoms with Crippen molar-refractivity contribution in [2.24, 2.45) is 0 Å².